The number of aryl methyl sites for hydroxylation is 2. The fraction of sp³-hybridized carbons (Fsp3) is 0.150. The molecule has 26 heavy (non-hydrogen) atoms. The third-order valence-corrected chi connectivity index (χ3v) is 5.21. The minimum absolute atomic E-state index is 0.0699. The molecule has 0 saturated carbocycles. The Hall–Kier alpha value is -2.73. The predicted molar refractivity (Wildman–Crippen MR) is 101 cm³/mol. The minimum atomic E-state index is -0.352. The van der Waals surface area contributed by atoms with E-state index in [0.29, 0.717) is 10.7 Å². The van der Waals surface area contributed by atoms with Crippen molar-refractivity contribution in [3.63, 3.8) is 0 Å². The molecule has 0 bridgehead atoms. The van der Waals surface area contributed by atoms with Gasteiger partial charge >= 0.3 is 0 Å². The van der Waals surface area contributed by atoms with Gasteiger partial charge in [0.05, 0.1) is 11.3 Å². The molecule has 130 valence electrons. The Morgan fingerprint density at radius 2 is 1.85 bits per heavy atom. The number of halogens is 1. The third kappa shape index (κ3) is 2.97. The molecule has 2 aromatic heterocycles. The van der Waals surface area contributed by atoms with Gasteiger partial charge in [-0.05, 0) is 67.3 Å². The predicted octanol–water partition coefficient (Wildman–Crippen LogP) is 4.61. The maximum absolute atomic E-state index is 13.0. The average Bonchev–Trinajstić information content (AvgIpc) is 3.05. The molecule has 0 amide bonds. The first-order chi connectivity index (χ1) is 12.5. The van der Waals surface area contributed by atoms with E-state index in [0.717, 1.165) is 22.1 Å². The Morgan fingerprint density at radius 3 is 2.62 bits per heavy atom. The Kier molecular flexibility index (Phi) is 4.20. The summed E-state index contributed by atoms with van der Waals surface area (Å²) in [6.45, 7) is 4.06. The number of benzene rings is 2. The fourth-order valence-electron chi connectivity index (χ4n) is 2.98. The van der Waals surface area contributed by atoms with Crippen LogP contribution in [0.15, 0.2) is 53.7 Å². The molecule has 0 fully saturated rings. The number of rotatable bonds is 4. The maximum atomic E-state index is 13.0. The number of fused-ring (bicyclic) bond motifs is 3. The molecule has 4 rings (SSSR count). The summed E-state index contributed by atoms with van der Waals surface area (Å²) >= 11 is 1.34. The lowest BCUT2D eigenvalue weighted by atomic mass is 10.1. The third-order valence-electron chi connectivity index (χ3n) is 4.28. The van der Waals surface area contributed by atoms with Crippen molar-refractivity contribution >= 4 is 34.1 Å². The largest absolute Gasteiger partial charge is 0.293 e. The van der Waals surface area contributed by atoms with E-state index >= 15 is 0 Å². The molecular weight excluding hydrogens is 349 g/mol. The molecule has 2 heterocycles. The molecule has 0 aliphatic heterocycles. The van der Waals surface area contributed by atoms with Gasteiger partial charge in [0, 0.05) is 5.56 Å². The molecule has 0 saturated heterocycles. The van der Waals surface area contributed by atoms with Gasteiger partial charge in [-0.15, -0.1) is 10.2 Å². The highest BCUT2D eigenvalue weighted by Gasteiger charge is 2.14. The standard InChI is InChI=1S/C20H16FN3OS/c1-12-3-8-17-15(9-12)10-13(2)19-22-23-20(24(17)19)26-11-18(25)14-4-6-16(21)7-5-14/h3-10H,11H2,1-2H3. The zero-order chi connectivity index (χ0) is 18.3. The molecular formula is C20H16FN3OS. The molecule has 0 radical (unpaired) electrons. The van der Waals surface area contributed by atoms with E-state index in [-0.39, 0.29) is 17.4 Å². The number of carbonyl (C=O) groups excluding carboxylic acids is 1. The van der Waals surface area contributed by atoms with E-state index in [1.54, 1.807) is 0 Å². The lowest BCUT2D eigenvalue weighted by Crippen LogP contribution is -2.03. The Balaban J connectivity index is 1.69. The molecule has 6 heteroatoms. The van der Waals surface area contributed by atoms with E-state index in [1.165, 1.54) is 41.6 Å². The van der Waals surface area contributed by atoms with Gasteiger partial charge in [-0.3, -0.25) is 9.20 Å². The molecule has 4 aromatic rings. The van der Waals surface area contributed by atoms with Crippen LogP contribution in [-0.4, -0.2) is 26.1 Å². The first-order valence-electron chi connectivity index (χ1n) is 8.19. The van der Waals surface area contributed by atoms with Gasteiger partial charge in [-0.1, -0.05) is 23.4 Å². The highest BCUT2D eigenvalue weighted by molar-refractivity contribution is 7.99. The Morgan fingerprint density at radius 1 is 1.08 bits per heavy atom. The van der Waals surface area contributed by atoms with Gasteiger partial charge in [-0.2, -0.15) is 0 Å². The van der Waals surface area contributed by atoms with Crippen molar-refractivity contribution < 1.29 is 9.18 Å². The summed E-state index contributed by atoms with van der Waals surface area (Å²) in [5, 5.41) is 10.3. The van der Waals surface area contributed by atoms with Crippen LogP contribution in [0, 0.1) is 19.7 Å². The van der Waals surface area contributed by atoms with Crippen molar-refractivity contribution in [2.24, 2.45) is 0 Å². The summed E-state index contributed by atoms with van der Waals surface area (Å²) in [5.74, 6) is -0.206. The number of nitrogens with zero attached hydrogens (tertiary/aromatic N) is 3. The summed E-state index contributed by atoms with van der Waals surface area (Å²) < 4.78 is 15.0. The molecule has 0 aliphatic rings. The normalized spacial score (nSPS) is 11.3. The molecule has 4 nitrogen and oxygen atoms in total. The van der Waals surface area contributed by atoms with Crippen molar-refractivity contribution in [1.82, 2.24) is 14.6 Å². The first kappa shape index (κ1) is 16.7. The fourth-order valence-corrected chi connectivity index (χ4v) is 3.82. The van der Waals surface area contributed by atoms with E-state index < -0.39 is 0 Å². The lowest BCUT2D eigenvalue weighted by Gasteiger charge is -2.07. The van der Waals surface area contributed by atoms with Gasteiger partial charge in [0.25, 0.3) is 0 Å². The van der Waals surface area contributed by atoms with Crippen molar-refractivity contribution in [3.05, 3.63) is 71.0 Å². The highest BCUT2D eigenvalue weighted by atomic mass is 32.2. The zero-order valence-corrected chi connectivity index (χ0v) is 15.2. The molecule has 0 spiro atoms. The average molecular weight is 365 g/mol. The van der Waals surface area contributed by atoms with Crippen molar-refractivity contribution in [1.29, 1.82) is 0 Å². The van der Waals surface area contributed by atoms with Crippen LogP contribution in [0.3, 0.4) is 0 Å². The molecule has 0 unspecified atom stereocenters. The summed E-state index contributed by atoms with van der Waals surface area (Å²) in [4.78, 5) is 12.4. The number of ketones is 1. The van der Waals surface area contributed by atoms with Gasteiger partial charge in [-0.25, -0.2) is 4.39 Å². The molecule has 0 aliphatic carbocycles. The number of thioether (sulfide) groups is 1. The second-order valence-electron chi connectivity index (χ2n) is 6.25. The van der Waals surface area contributed by atoms with Crippen LogP contribution in [0.1, 0.15) is 21.5 Å². The Bertz CT molecular complexity index is 1140. The van der Waals surface area contributed by atoms with Crippen molar-refractivity contribution in [2.45, 2.75) is 19.0 Å². The molecule has 0 N–H and O–H groups in total. The van der Waals surface area contributed by atoms with Crippen LogP contribution in [0.5, 0.6) is 0 Å². The molecule has 0 atom stereocenters. The number of hydrogen-bond donors (Lipinski definition) is 0. The molecule has 2 aromatic carbocycles. The number of hydrogen-bond acceptors (Lipinski definition) is 4. The van der Waals surface area contributed by atoms with E-state index in [1.807, 2.05) is 17.4 Å². The lowest BCUT2D eigenvalue weighted by molar-refractivity contribution is 0.102. The summed E-state index contributed by atoms with van der Waals surface area (Å²) in [5.41, 5.74) is 4.51. The van der Waals surface area contributed by atoms with Gasteiger partial charge in [0.1, 0.15) is 5.82 Å². The van der Waals surface area contributed by atoms with Crippen LogP contribution in [-0.2, 0) is 0 Å². The topological polar surface area (TPSA) is 47.3 Å². The number of aromatic nitrogens is 3. The monoisotopic (exact) mass is 365 g/mol. The number of carbonyl (C=O) groups is 1. The SMILES string of the molecule is Cc1ccc2c(c1)cc(C)c1nnc(SCC(=O)c3ccc(F)cc3)n12. The van der Waals surface area contributed by atoms with Crippen LogP contribution in [0.2, 0.25) is 0 Å². The zero-order valence-electron chi connectivity index (χ0n) is 14.4. The Labute approximate surface area is 154 Å². The van der Waals surface area contributed by atoms with Crippen LogP contribution in [0.25, 0.3) is 16.6 Å². The summed E-state index contributed by atoms with van der Waals surface area (Å²) in [7, 11) is 0. The van der Waals surface area contributed by atoms with E-state index in [2.05, 4.69) is 35.3 Å². The van der Waals surface area contributed by atoms with Crippen molar-refractivity contribution in [3.8, 4) is 0 Å². The van der Waals surface area contributed by atoms with Gasteiger partial charge in [0.15, 0.2) is 16.6 Å². The smallest absolute Gasteiger partial charge is 0.196 e. The quantitative estimate of drug-likeness (QED) is 0.391. The number of Topliss-reactive ketones (excluding diaryl/α,β-unsaturated/α-hetero) is 1. The second kappa shape index (κ2) is 6.53. The second-order valence-corrected chi connectivity index (χ2v) is 7.19. The van der Waals surface area contributed by atoms with Crippen LogP contribution >= 0.6 is 11.8 Å². The summed E-state index contributed by atoms with van der Waals surface area (Å²) in [6, 6.07) is 13.9. The first-order valence-corrected chi connectivity index (χ1v) is 9.18. The summed E-state index contributed by atoms with van der Waals surface area (Å²) in [6.07, 6.45) is 0. The van der Waals surface area contributed by atoms with E-state index in [4.69, 9.17) is 0 Å². The minimum Gasteiger partial charge on any atom is -0.293 e. The van der Waals surface area contributed by atoms with Gasteiger partial charge < -0.3 is 0 Å². The maximum Gasteiger partial charge on any atom is 0.196 e. The number of pyridine rings is 1. The van der Waals surface area contributed by atoms with E-state index in [9.17, 15) is 9.18 Å². The van der Waals surface area contributed by atoms with Gasteiger partial charge in [0.2, 0.25) is 0 Å². The highest BCUT2D eigenvalue weighted by Crippen LogP contribution is 2.26. The van der Waals surface area contributed by atoms with Crippen LogP contribution in [0.4, 0.5) is 4.39 Å². The van der Waals surface area contributed by atoms with Crippen LogP contribution < -0.4 is 0 Å². The van der Waals surface area contributed by atoms with Crippen molar-refractivity contribution in [2.75, 3.05) is 5.75 Å².